The number of fused-ring (bicyclic) bond motifs is 3. The van der Waals surface area contributed by atoms with Crippen LogP contribution in [-0.2, 0) is 9.59 Å². The molecule has 1 aliphatic heterocycles. The van der Waals surface area contributed by atoms with Crippen LogP contribution < -0.4 is 15.0 Å². The van der Waals surface area contributed by atoms with Crippen LogP contribution in [0.1, 0.15) is 18.5 Å². The third-order valence-corrected chi connectivity index (χ3v) is 5.39. The van der Waals surface area contributed by atoms with Gasteiger partial charge < -0.3 is 15.0 Å². The number of methoxy groups -OCH3 is 1. The summed E-state index contributed by atoms with van der Waals surface area (Å²) < 4.78 is 32.9. The first-order chi connectivity index (χ1) is 15.3. The molecule has 0 aliphatic carbocycles. The molecule has 7 nitrogen and oxygen atoms in total. The van der Waals surface area contributed by atoms with E-state index < -0.39 is 29.4 Å². The summed E-state index contributed by atoms with van der Waals surface area (Å²) in [6.07, 6.45) is 2.48. The largest absolute Gasteiger partial charge is 0.481 e. The molecule has 1 N–H and O–H groups in total. The molecule has 164 valence electrons. The maximum Gasteiger partial charge on any atom is 0.244 e. The first kappa shape index (κ1) is 21.6. The number of halogens is 3. The average Bonchev–Trinajstić information content (AvgIpc) is 2.85. The molecule has 0 spiro atoms. The lowest BCUT2D eigenvalue weighted by molar-refractivity contribution is -0.122. The van der Waals surface area contributed by atoms with Gasteiger partial charge in [0.25, 0.3) is 0 Å². The van der Waals surface area contributed by atoms with E-state index in [1.165, 1.54) is 42.5 Å². The number of amides is 2. The van der Waals surface area contributed by atoms with Crippen LogP contribution in [0, 0.1) is 11.6 Å². The zero-order valence-corrected chi connectivity index (χ0v) is 17.8. The fraction of sp³-hybridized carbons (Fsp3) is 0.182. The van der Waals surface area contributed by atoms with Gasteiger partial charge in [-0.2, -0.15) is 0 Å². The second kappa shape index (κ2) is 8.51. The lowest BCUT2D eigenvalue weighted by Gasteiger charge is -2.24. The predicted molar refractivity (Wildman–Crippen MR) is 115 cm³/mol. The van der Waals surface area contributed by atoms with Crippen molar-refractivity contribution in [2.24, 2.45) is 0 Å². The van der Waals surface area contributed by atoms with Crippen molar-refractivity contribution in [1.29, 1.82) is 0 Å². The fourth-order valence-electron chi connectivity index (χ4n) is 3.53. The molecule has 0 saturated carbocycles. The summed E-state index contributed by atoms with van der Waals surface area (Å²) in [7, 11) is 1.41. The van der Waals surface area contributed by atoms with E-state index in [-0.39, 0.29) is 23.1 Å². The molecule has 0 bridgehead atoms. The molecule has 32 heavy (non-hydrogen) atoms. The van der Waals surface area contributed by atoms with E-state index in [0.29, 0.717) is 22.5 Å². The highest BCUT2D eigenvalue weighted by Gasteiger charge is 2.34. The lowest BCUT2D eigenvalue weighted by atomic mass is 9.98. The van der Waals surface area contributed by atoms with Crippen molar-refractivity contribution in [1.82, 2.24) is 9.97 Å². The molecule has 0 fully saturated rings. The van der Waals surface area contributed by atoms with Crippen molar-refractivity contribution in [3.8, 4) is 17.0 Å². The third kappa shape index (κ3) is 3.99. The Morgan fingerprint density at radius 3 is 2.69 bits per heavy atom. The standard InChI is InChI=1S/C22H17ClF2N4O3/c1-11-21-14(5-12(24)8-27-21)15-9-26-20(32-2)7-18(15)29(22(11)31)10-19(30)28-13-3-4-16(23)17(25)6-13/h3-9,11H,10H2,1-2H3,(H,28,30)/t11-/m0/s1. The minimum Gasteiger partial charge on any atom is -0.481 e. The number of hydrogen-bond donors (Lipinski definition) is 1. The molecular weight excluding hydrogens is 442 g/mol. The van der Waals surface area contributed by atoms with Crippen molar-refractivity contribution < 1.29 is 23.1 Å². The van der Waals surface area contributed by atoms with Gasteiger partial charge in [-0.3, -0.25) is 14.6 Å². The van der Waals surface area contributed by atoms with Gasteiger partial charge in [-0.1, -0.05) is 11.6 Å². The summed E-state index contributed by atoms with van der Waals surface area (Å²) in [5.41, 5.74) is 1.70. The molecule has 3 aromatic rings. The molecule has 1 aromatic carbocycles. The highest BCUT2D eigenvalue weighted by Crippen LogP contribution is 2.41. The number of ether oxygens (including phenoxy) is 1. The van der Waals surface area contributed by atoms with Crippen LogP contribution in [0.3, 0.4) is 0 Å². The van der Waals surface area contributed by atoms with Gasteiger partial charge in [0.15, 0.2) is 0 Å². The maximum atomic E-state index is 14.0. The number of pyridine rings is 2. The van der Waals surface area contributed by atoms with Crippen LogP contribution in [0.4, 0.5) is 20.2 Å². The highest BCUT2D eigenvalue weighted by atomic mass is 35.5. The summed E-state index contributed by atoms with van der Waals surface area (Å²) in [4.78, 5) is 35.6. The Labute approximate surface area is 187 Å². The Bertz CT molecular complexity index is 1240. The number of nitrogens with one attached hydrogen (secondary N) is 1. The van der Waals surface area contributed by atoms with Gasteiger partial charge in [-0.25, -0.2) is 13.8 Å². The van der Waals surface area contributed by atoms with Crippen molar-refractivity contribution >= 4 is 34.8 Å². The number of rotatable bonds is 4. The minimum absolute atomic E-state index is 0.0782. The first-order valence-electron chi connectivity index (χ1n) is 9.54. The lowest BCUT2D eigenvalue weighted by Crippen LogP contribution is -2.40. The van der Waals surface area contributed by atoms with Crippen molar-refractivity contribution in [2.75, 3.05) is 23.9 Å². The topological polar surface area (TPSA) is 84.4 Å². The number of hydrogen-bond acceptors (Lipinski definition) is 5. The van der Waals surface area contributed by atoms with Gasteiger partial charge in [-0.15, -0.1) is 0 Å². The van der Waals surface area contributed by atoms with Gasteiger partial charge in [0.05, 0.1) is 35.6 Å². The van der Waals surface area contributed by atoms with Crippen LogP contribution in [0.15, 0.2) is 42.7 Å². The highest BCUT2D eigenvalue weighted by molar-refractivity contribution is 6.30. The zero-order valence-electron chi connectivity index (χ0n) is 17.0. The summed E-state index contributed by atoms with van der Waals surface area (Å²) >= 11 is 5.68. The van der Waals surface area contributed by atoms with Crippen molar-refractivity contribution in [3.63, 3.8) is 0 Å². The van der Waals surface area contributed by atoms with Crippen LogP contribution in [0.2, 0.25) is 5.02 Å². The Morgan fingerprint density at radius 2 is 1.97 bits per heavy atom. The summed E-state index contributed by atoms with van der Waals surface area (Å²) in [5.74, 6) is -2.80. The van der Waals surface area contributed by atoms with Gasteiger partial charge in [0.1, 0.15) is 18.2 Å². The van der Waals surface area contributed by atoms with E-state index >= 15 is 0 Å². The molecule has 3 heterocycles. The van der Waals surface area contributed by atoms with Gasteiger partial charge in [0, 0.05) is 29.1 Å². The molecule has 10 heteroatoms. The molecule has 0 unspecified atom stereocenters. The van der Waals surface area contributed by atoms with E-state index in [0.717, 1.165) is 12.3 Å². The molecular formula is C22H17ClF2N4O3. The first-order valence-corrected chi connectivity index (χ1v) is 9.92. The van der Waals surface area contributed by atoms with Crippen LogP contribution >= 0.6 is 11.6 Å². The predicted octanol–water partition coefficient (Wildman–Crippen LogP) is 4.17. The quantitative estimate of drug-likeness (QED) is 0.634. The zero-order chi connectivity index (χ0) is 23.0. The Kier molecular flexibility index (Phi) is 5.75. The van der Waals surface area contributed by atoms with Gasteiger partial charge in [-0.05, 0) is 31.2 Å². The van der Waals surface area contributed by atoms with Crippen LogP contribution in [-0.4, -0.2) is 35.4 Å². The SMILES string of the molecule is COc1cc2c(cn1)-c1cc(F)cnc1[C@H](C)C(=O)N2CC(=O)Nc1ccc(Cl)c(F)c1. The van der Waals surface area contributed by atoms with Gasteiger partial charge >= 0.3 is 0 Å². The second-order valence-electron chi connectivity index (χ2n) is 7.15. The molecule has 2 amide bonds. The second-order valence-corrected chi connectivity index (χ2v) is 7.56. The average molecular weight is 459 g/mol. The summed E-state index contributed by atoms with van der Waals surface area (Å²) in [6.45, 7) is 1.24. The number of nitrogens with zero attached hydrogens (tertiary/aromatic N) is 3. The number of carbonyl (C=O) groups excluding carboxylic acids is 2. The smallest absolute Gasteiger partial charge is 0.244 e. The molecule has 4 rings (SSSR count). The molecule has 2 aromatic heterocycles. The van der Waals surface area contributed by atoms with E-state index in [4.69, 9.17) is 16.3 Å². The van der Waals surface area contributed by atoms with E-state index in [2.05, 4.69) is 15.3 Å². The molecule has 0 radical (unpaired) electrons. The number of aromatic nitrogens is 2. The Hall–Kier alpha value is -3.59. The normalized spacial score (nSPS) is 15.0. The van der Waals surface area contributed by atoms with Crippen molar-refractivity contribution in [2.45, 2.75) is 12.8 Å². The summed E-state index contributed by atoms with van der Waals surface area (Å²) in [5, 5.41) is 2.47. The monoisotopic (exact) mass is 458 g/mol. The van der Waals surface area contributed by atoms with E-state index in [1.807, 2.05) is 0 Å². The third-order valence-electron chi connectivity index (χ3n) is 5.08. The van der Waals surface area contributed by atoms with Gasteiger partial charge in [0.2, 0.25) is 17.7 Å². The molecule has 1 aliphatic rings. The summed E-state index contributed by atoms with van der Waals surface area (Å²) in [6, 6.07) is 6.61. The fourth-order valence-corrected chi connectivity index (χ4v) is 3.65. The number of benzene rings is 1. The molecule has 1 atom stereocenters. The van der Waals surface area contributed by atoms with E-state index in [1.54, 1.807) is 6.92 Å². The van der Waals surface area contributed by atoms with Crippen LogP contribution in [0.25, 0.3) is 11.1 Å². The van der Waals surface area contributed by atoms with E-state index in [9.17, 15) is 18.4 Å². The minimum atomic E-state index is -0.759. The number of anilines is 2. The maximum absolute atomic E-state index is 14.0. The van der Waals surface area contributed by atoms with Crippen LogP contribution in [0.5, 0.6) is 5.88 Å². The Morgan fingerprint density at radius 1 is 1.19 bits per heavy atom. The Balaban J connectivity index is 1.74. The van der Waals surface area contributed by atoms with Crippen molar-refractivity contribution in [3.05, 3.63) is 65.1 Å². The number of carbonyl (C=O) groups is 2. The molecule has 0 saturated heterocycles.